The largest absolute Gasteiger partial charge is 0.337 e. The number of aryl methyl sites for hydroxylation is 2. The van der Waals surface area contributed by atoms with Crippen LogP contribution in [-0.2, 0) is 13.1 Å². The first-order valence-electron chi connectivity index (χ1n) is 9.14. The third-order valence-electron chi connectivity index (χ3n) is 5.04. The topological polar surface area (TPSA) is 52.9 Å². The highest BCUT2D eigenvalue weighted by atomic mass is 15.2. The number of benzene rings is 1. The molecule has 0 radical (unpaired) electrons. The Bertz CT molecular complexity index is 1240. The lowest BCUT2D eigenvalue weighted by Gasteiger charge is -2.10. The molecule has 5 rings (SSSR count). The van der Waals surface area contributed by atoms with E-state index >= 15 is 0 Å². The van der Waals surface area contributed by atoms with Crippen LogP contribution in [0.2, 0.25) is 0 Å². The molecule has 5 aromatic rings. The Morgan fingerprint density at radius 1 is 0.963 bits per heavy atom. The molecular weight excluding hydrogens is 336 g/mol. The van der Waals surface area contributed by atoms with Crippen molar-refractivity contribution >= 4 is 16.7 Å². The van der Waals surface area contributed by atoms with Gasteiger partial charge in [0.15, 0.2) is 5.65 Å². The molecule has 0 amide bonds. The van der Waals surface area contributed by atoms with Gasteiger partial charge in [0.1, 0.15) is 11.5 Å². The van der Waals surface area contributed by atoms with Gasteiger partial charge in [-0.2, -0.15) is 0 Å². The van der Waals surface area contributed by atoms with Crippen molar-refractivity contribution in [1.29, 1.82) is 0 Å². The Morgan fingerprint density at radius 3 is 2.59 bits per heavy atom. The third-order valence-corrected chi connectivity index (χ3v) is 5.04. The number of aromatic nitrogens is 6. The summed E-state index contributed by atoms with van der Waals surface area (Å²) in [4.78, 5) is 4.65. The molecule has 0 bridgehead atoms. The Balaban J connectivity index is 1.79. The first-order chi connectivity index (χ1) is 13.2. The predicted molar refractivity (Wildman–Crippen MR) is 106 cm³/mol. The van der Waals surface area contributed by atoms with E-state index in [0.29, 0.717) is 0 Å². The van der Waals surface area contributed by atoms with Crippen LogP contribution in [0.4, 0.5) is 0 Å². The first-order valence-corrected chi connectivity index (χ1v) is 9.14. The number of hydrogen-bond acceptors (Lipinski definition) is 3. The molecule has 0 aliphatic carbocycles. The fourth-order valence-electron chi connectivity index (χ4n) is 3.66. The molecule has 0 spiro atoms. The second-order valence-corrected chi connectivity index (χ2v) is 6.74. The number of hydrogen-bond donors (Lipinski definition) is 0. The zero-order valence-electron chi connectivity index (χ0n) is 15.4. The second-order valence-electron chi connectivity index (χ2n) is 6.74. The van der Waals surface area contributed by atoms with Crippen molar-refractivity contribution in [3.05, 3.63) is 72.4 Å². The lowest BCUT2D eigenvalue weighted by atomic mass is 10.2. The Labute approximate surface area is 156 Å². The van der Waals surface area contributed by atoms with E-state index in [-0.39, 0.29) is 0 Å². The van der Waals surface area contributed by atoms with Crippen LogP contribution < -0.4 is 0 Å². The maximum Gasteiger partial charge on any atom is 0.161 e. The van der Waals surface area contributed by atoms with Gasteiger partial charge in [-0.15, -0.1) is 10.2 Å². The van der Waals surface area contributed by atoms with Gasteiger partial charge in [-0.25, -0.2) is 4.98 Å². The summed E-state index contributed by atoms with van der Waals surface area (Å²) in [5.74, 6) is 0.887. The molecule has 1 aromatic carbocycles. The zero-order valence-corrected chi connectivity index (χ0v) is 15.4. The maximum atomic E-state index is 4.65. The first kappa shape index (κ1) is 15.8. The summed E-state index contributed by atoms with van der Waals surface area (Å²) in [5.41, 5.74) is 6.45. The standard InChI is InChI=1S/C21H20N6/c1-3-25-13-17(22-14-25)19-11-20-18(9-10-21-24-23-15(2)27(20)21)26(19)12-16-7-5-4-6-8-16/h4-11,13-14H,3,12H2,1-2H3. The normalized spacial score (nSPS) is 11.6. The van der Waals surface area contributed by atoms with Crippen molar-refractivity contribution < 1.29 is 0 Å². The van der Waals surface area contributed by atoms with Gasteiger partial charge in [0.2, 0.25) is 0 Å². The van der Waals surface area contributed by atoms with Crippen LogP contribution >= 0.6 is 0 Å². The van der Waals surface area contributed by atoms with Gasteiger partial charge < -0.3 is 9.13 Å². The minimum Gasteiger partial charge on any atom is -0.337 e. The van der Waals surface area contributed by atoms with Crippen LogP contribution in [0.25, 0.3) is 28.1 Å². The van der Waals surface area contributed by atoms with E-state index in [1.807, 2.05) is 25.4 Å². The maximum absolute atomic E-state index is 4.65. The molecule has 6 nitrogen and oxygen atoms in total. The highest BCUT2D eigenvalue weighted by Crippen LogP contribution is 2.29. The van der Waals surface area contributed by atoms with Crippen molar-refractivity contribution in [2.75, 3.05) is 0 Å². The summed E-state index contributed by atoms with van der Waals surface area (Å²) in [5, 5.41) is 8.51. The molecule has 0 saturated heterocycles. The number of pyridine rings is 1. The van der Waals surface area contributed by atoms with E-state index in [2.05, 4.69) is 78.2 Å². The number of imidazole rings is 1. The predicted octanol–water partition coefficient (Wildman–Crippen LogP) is 3.92. The Morgan fingerprint density at radius 2 is 1.81 bits per heavy atom. The van der Waals surface area contributed by atoms with Crippen molar-refractivity contribution in [3.8, 4) is 11.4 Å². The molecule has 0 aliphatic heterocycles. The van der Waals surface area contributed by atoms with E-state index in [0.717, 1.165) is 47.0 Å². The van der Waals surface area contributed by atoms with Crippen LogP contribution in [0.1, 0.15) is 18.3 Å². The van der Waals surface area contributed by atoms with Gasteiger partial charge in [-0.05, 0) is 37.6 Å². The summed E-state index contributed by atoms with van der Waals surface area (Å²) in [6.45, 7) is 5.79. The highest BCUT2D eigenvalue weighted by Gasteiger charge is 2.16. The van der Waals surface area contributed by atoms with Gasteiger partial charge >= 0.3 is 0 Å². The van der Waals surface area contributed by atoms with Gasteiger partial charge in [0.25, 0.3) is 0 Å². The van der Waals surface area contributed by atoms with Crippen LogP contribution in [0.3, 0.4) is 0 Å². The van der Waals surface area contributed by atoms with Crippen LogP contribution in [-0.4, -0.2) is 28.7 Å². The molecule has 0 saturated carbocycles. The van der Waals surface area contributed by atoms with Crippen molar-refractivity contribution in [2.24, 2.45) is 0 Å². The van der Waals surface area contributed by atoms with Crippen molar-refractivity contribution in [3.63, 3.8) is 0 Å². The summed E-state index contributed by atoms with van der Waals surface area (Å²) < 4.78 is 6.53. The zero-order chi connectivity index (χ0) is 18.4. The molecule has 0 N–H and O–H groups in total. The van der Waals surface area contributed by atoms with Gasteiger partial charge in [0.05, 0.1) is 23.1 Å². The Hall–Kier alpha value is -3.41. The number of fused-ring (bicyclic) bond motifs is 3. The molecule has 134 valence electrons. The second kappa shape index (κ2) is 6.09. The Kier molecular flexibility index (Phi) is 3.57. The van der Waals surface area contributed by atoms with Crippen LogP contribution in [0, 0.1) is 6.92 Å². The van der Waals surface area contributed by atoms with Crippen LogP contribution in [0.15, 0.2) is 61.1 Å². The summed E-state index contributed by atoms with van der Waals surface area (Å²) in [7, 11) is 0. The van der Waals surface area contributed by atoms with E-state index in [1.54, 1.807) is 0 Å². The molecule has 0 unspecified atom stereocenters. The summed E-state index contributed by atoms with van der Waals surface area (Å²) in [6, 6.07) is 16.9. The molecule has 0 atom stereocenters. The van der Waals surface area contributed by atoms with E-state index in [9.17, 15) is 0 Å². The fourth-order valence-corrected chi connectivity index (χ4v) is 3.66. The minimum atomic E-state index is 0.783. The quantitative estimate of drug-likeness (QED) is 0.490. The molecule has 4 aromatic heterocycles. The third kappa shape index (κ3) is 2.52. The van der Waals surface area contributed by atoms with Gasteiger partial charge in [-0.3, -0.25) is 4.40 Å². The molecule has 27 heavy (non-hydrogen) atoms. The molecule has 0 fully saturated rings. The molecule has 0 aliphatic rings. The van der Waals surface area contributed by atoms with Gasteiger partial charge in [0, 0.05) is 19.3 Å². The molecule has 4 heterocycles. The highest BCUT2D eigenvalue weighted by molar-refractivity contribution is 5.86. The van der Waals surface area contributed by atoms with Crippen molar-refractivity contribution in [2.45, 2.75) is 26.9 Å². The van der Waals surface area contributed by atoms with Crippen LogP contribution in [0.5, 0.6) is 0 Å². The van der Waals surface area contributed by atoms with E-state index in [1.165, 1.54) is 5.56 Å². The average molecular weight is 356 g/mol. The monoisotopic (exact) mass is 356 g/mol. The molecule has 6 heteroatoms. The smallest absolute Gasteiger partial charge is 0.161 e. The summed E-state index contributed by atoms with van der Waals surface area (Å²) >= 11 is 0. The van der Waals surface area contributed by atoms with Crippen molar-refractivity contribution in [1.82, 2.24) is 28.7 Å². The SMILES string of the molecule is CCn1cnc(-c2cc3c(ccc4nnc(C)n43)n2Cc2ccccc2)c1. The summed E-state index contributed by atoms with van der Waals surface area (Å²) in [6.07, 6.45) is 3.99. The average Bonchev–Trinajstić information content (AvgIpc) is 3.40. The van der Waals surface area contributed by atoms with E-state index < -0.39 is 0 Å². The number of rotatable bonds is 4. The van der Waals surface area contributed by atoms with E-state index in [4.69, 9.17) is 0 Å². The van der Waals surface area contributed by atoms with Gasteiger partial charge in [-0.1, -0.05) is 30.3 Å². The lowest BCUT2D eigenvalue weighted by Crippen LogP contribution is -2.02. The lowest BCUT2D eigenvalue weighted by molar-refractivity contribution is 0.761. The number of nitrogens with zero attached hydrogens (tertiary/aromatic N) is 6. The fraction of sp³-hybridized carbons (Fsp3) is 0.190. The molecular formula is C21H20N6. The minimum absolute atomic E-state index is 0.783.